The van der Waals surface area contributed by atoms with Crippen molar-refractivity contribution in [1.29, 1.82) is 0 Å². The number of aromatic nitrogens is 2. The molecule has 0 saturated carbocycles. The Balaban J connectivity index is 2.31. The van der Waals surface area contributed by atoms with Gasteiger partial charge in [-0.3, -0.25) is 0 Å². The summed E-state index contributed by atoms with van der Waals surface area (Å²) in [4.78, 5) is 13.2. The molecule has 4 heteroatoms. The maximum atomic E-state index is 4.38. The van der Waals surface area contributed by atoms with E-state index in [4.69, 9.17) is 0 Å². The van der Waals surface area contributed by atoms with Crippen LogP contribution in [-0.2, 0) is 0 Å². The molecule has 1 saturated heterocycles. The Bertz CT molecular complexity index is 419. The molecule has 0 N–H and O–H groups in total. The summed E-state index contributed by atoms with van der Waals surface area (Å²) in [5.74, 6) is 0.970. The lowest BCUT2D eigenvalue weighted by Gasteiger charge is -2.34. The van der Waals surface area contributed by atoms with Gasteiger partial charge in [-0.15, -0.1) is 0 Å². The molecule has 2 rings (SSSR count). The molecule has 0 spiro atoms. The Kier molecular flexibility index (Phi) is 3.54. The molecule has 1 aliphatic heterocycles. The zero-order valence-corrected chi connectivity index (χ0v) is 10.3. The van der Waals surface area contributed by atoms with Gasteiger partial charge in [0.2, 0.25) is 0 Å². The highest BCUT2D eigenvalue weighted by molar-refractivity contribution is 5.70. The van der Waals surface area contributed by atoms with Crippen molar-refractivity contribution < 1.29 is 0 Å². The zero-order valence-electron chi connectivity index (χ0n) is 10.3. The minimum atomic E-state index is 0.851. The van der Waals surface area contributed by atoms with E-state index in [9.17, 15) is 0 Å². The summed E-state index contributed by atoms with van der Waals surface area (Å²) < 4.78 is 0. The predicted octanol–water partition coefficient (Wildman–Crippen LogP) is 1.51. The standard InChI is InChI=1S/C13H18N4/c1-4-11-12(5-2)14-10-15-13(11)17-8-6-16(3)7-9-17/h4-5,10H,1-2,6-9H2,3H3. The maximum absolute atomic E-state index is 4.38. The molecule has 4 nitrogen and oxygen atoms in total. The van der Waals surface area contributed by atoms with Crippen LogP contribution in [0.1, 0.15) is 11.3 Å². The first-order valence-electron chi connectivity index (χ1n) is 5.79. The van der Waals surface area contributed by atoms with Crippen LogP contribution in [0, 0.1) is 0 Å². The number of anilines is 1. The van der Waals surface area contributed by atoms with Crippen molar-refractivity contribution in [2.75, 3.05) is 38.1 Å². The second-order valence-corrected chi connectivity index (χ2v) is 4.19. The van der Waals surface area contributed by atoms with Gasteiger partial charge in [-0.25, -0.2) is 9.97 Å². The molecule has 0 bridgehead atoms. The van der Waals surface area contributed by atoms with Crippen molar-refractivity contribution >= 4 is 18.0 Å². The Hall–Kier alpha value is -1.68. The van der Waals surface area contributed by atoms with Crippen molar-refractivity contribution in [3.63, 3.8) is 0 Å². The van der Waals surface area contributed by atoms with Crippen LogP contribution >= 0.6 is 0 Å². The van der Waals surface area contributed by atoms with Crippen LogP contribution in [0.15, 0.2) is 19.5 Å². The minimum absolute atomic E-state index is 0.851. The maximum Gasteiger partial charge on any atom is 0.139 e. The van der Waals surface area contributed by atoms with Crippen molar-refractivity contribution in [2.24, 2.45) is 0 Å². The Labute approximate surface area is 102 Å². The quantitative estimate of drug-likeness (QED) is 0.788. The van der Waals surface area contributed by atoms with Crippen molar-refractivity contribution in [3.05, 3.63) is 30.7 Å². The zero-order chi connectivity index (χ0) is 12.3. The topological polar surface area (TPSA) is 32.3 Å². The van der Waals surface area contributed by atoms with Gasteiger partial charge in [0.25, 0.3) is 0 Å². The van der Waals surface area contributed by atoms with Crippen LogP contribution in [-0.4, -0.2) is 48.1 Å². The van der Waals surface area contributed by atoms with E-state index in [0.29, 0.717) is 0 Å². The number of nitrogens with zero attached hydrogens (tertiary/aromatic N) is 4. The molecule has 1 aliphatic rings. The van der Waals surface area contributed by atoms with E-state index in [1.165, 1.54) is 0 Å². The molecule has 90 valence electrons. The van der Waals surface area contributed by atoms with Crippen molar-refractivity contribution in [3.8, 4) is 0 Å². The summed E-state index contributed by atoms with van der Waals surface area (Å²) in [7, 11) is 2.14. The fraction of sp³-hybridized carbons (Fsp3) is 0.385. The van der Waals surface area contributed by atoms with Crippen LogP contribution in [0.25, 0.3) is 12.2 Å². The van der Waals surface area contributed by atoms with Gasteiger partial charge >= 0.3 is 0 Å². The van der Waals surface area contributed by atoms with Gasteiger partial charge in [0, 0.05) is 31.7 Å². The van der Waals surface area contributed by atoms with Crippen molar-refractivity contribution in [2.45, 2.75) is 0 Å². The van der Waals surface area contributed by atoms with E-state index in [1.54, 1.807) is 12.4 Å². The van der Waals surface area contributed by atoms with E-state index in [1.807, 2.05) is 6.08 Å². The molecule has 1 aromatic heterocycles. The molecule has 0 aliphatic carbocycles. The highest BCUT2D eigenvalue weighted by Crippen LogP contribution is 2.22. The lowest BCUT2D eigenvalue weighted by atomic mass is 10.2. The molecule has 2 heterocycles. The molecule has 0 aromatic carbocycles. The van der Waals surface area contributed by atoms with Crippen LogP contribution in [0.2, 0.25) is 0 Å². The summed E-state index contributed by atoms with van der Waals surface area (Å²) in [6.07, 6.45) is 5.15. The molecule has 1 aromatic rings. The Morgan fingerprint density at radius 2 is 1.82 bits per heavy atom. The normalized spacial score (nSPS) is 16.9. The van der Waals surface area contributed by atoms with Gasteiger partial charge in [-0.05, 0) is 13.1 Å². The summed E-state index contributed by atoms with van der Waals surface area (Å²) >= 11 is 0. The van der Waals surface area contributed by atoms with Crippen LogP contribution in [0.3, 0.4) is 0 Å². The number of hydrogen-bond donors (Lipinski definition) is 0. The number of hydrogen-bond acceptors (Lipinski definition) is 4. The third-order valence-corrected chi connectivity index (χ3v) is 3.09. The van der Waals surface area contributed by atoms with E-state index >= 15 is 0 Å². The average Bonchev–Trinajstić information content (AvgIpc) is 2.38. The summed E-state index contributed by atoms with van der Waals surface area (Å²) in [5, 5.41) is 0. The second kappa shape index (κ2) is 5.10. The van der Waals surface area contributed by atoms with Gasteiger partial charge in [0.05, 0.1) is 5.69 Å². The van der Waals surface area contributed by atoms with Gasteiger partial charge in [-0.2, -0.15) is 0 Å². The van der Waals surface area contributed by atoms with Gasteiger partial charge < -0.3 is 9.80 Å². The minimum Gasteiger partial charge on any atom is -0.353 e. The first-order valence-corrected chi connectivity index (χ1v) is 5.79. The van der Waals surface area contributed by atoms with E-state index < -0.39 is 0 Å². The second-order valence-electron chi connectivity index (χ2n) is 4.19. The fourth-order valence-corrected chi connectivity index (χ4v) is 2.03. The lowest BCUT2D eigenvalue weighted by molar-refractivity contribution is 0.312. The lowest BCUT2D eigenvalue weighted by Crippen LogP contribution is -2.45. The van der Waals surface area contributed by atoms with Gasteiger partial charge in [-0.1, -0.05) is 19.2 Å². The average molecular weight is 230 g/mol. The van der Waals surface area contributed by atoms with E-state index in [-0.39, 0.29) is 0 Å². The van der Waals surface area contributed by atoms with E-state index in [0.717, 1.165) is 43.3 Å². The molecule has 17 heavy (non-hydrogen) atoms. The van der Waals surface area contributed by atoms with Crippen LogP contribution in [0.5, 0.6) is 0 Å². The van der Waals surface area contributed by atoms with Crippen LogP contribution in [0.4, 0.5) is 5.82 Å². The largest absolute Gasteiger partial charge is 0.353 e. The number of rotatable bonds is 3. The molecule has 1 fully saturated rings. The monoisotopic (exact) mass is 230 g/mol. The summed E-state index contributed by atoms with van der Waals surface area (Å²) in [6.45, 7) is 11.7. The molecule has 0 amide bonds. The third kappa shape index (κ3) is 2.36. The van der Waals surface area contributed by atoms with Gasteiger partial charge in [0.15, 0.2) is 0 Å². The Morgan fingerprint density at radius 3 is 2.41 bits per heavy atom. The highest BCUT2D eigenvalue weighted by atomic mass is 15.3. The summed E-state index contributed by atoms with van der Waals surface area (Å²) in [6, 6.07) is 0. The smallest absolute Gasteiger partial charge is 0.139 e. The van der Waals surface area contributed by atoms with E-state index in [2.05, 4.69) is 40.0 Å². The van der Waals surface area contributed by atoms with Gasteiger partial charge in [0.1, 0.15) is 12.1 Å². The SMILES string of the molecule is C=Cc1ncnc(N2CCN(C)CC2)c1C=C. The van der Waals surface area contributed by atoms with Crippen molar-refractivity contribution in [1.82, 2.24) is 14.9 Å². The first-order chi connectivity index (χ1) is 8.26. The fourth-order valence-electron chi connectivity index (χ4n) is 2.03. The highest BCUT2D eigenvalue weighted by Gasteiger charge is 2.18. The summed E-state index contributed by atoms with van der Waals surface area (Å²) in [5.41, 5.74) is 1.83. The molecular formula is C13H18N4. The first kappa shape index (κ1) is 11.8. The number of likely N-dealkylation sites (N-methyl/N-ethyl adjacent to an activating group) is 1. The van der Waals surface area contributed by atoms with Crippen LogP contribution < -0.4 is 4.90 Å². The molecule has 0 unspecified atom stereocenters. The Morgan fingerprint density at radius 1 is 1.12 bits per heavy atom. The molecule has 0 atom stereocenters. The number of piperazine rings is 1. The molecule has 0 radical (unpaired) electrons. The third-order valence-electron chi connectivity index (χ3n) is 3.09. The molecular weight excluding hydrogens is 212 g/mol. The predicted molar refractivity (Wildman–Crippen MR) is 71.9 cm³/mol.